The van der Waals surface area contributed by atoms with E-state index >= 15 is 0 Å². The minimum absolute atomic E-state index is 0.0445. The Hall–Kier alpha value is -3.96. The number of fused-ring (bicyclic) bond motifs is 1. The zero-order valence-corrected chi connectivity index (χ0v) is 26.0. The second-order valence-electron chi connectivity index (χ2n) is 11.8. The molecule has 2 atom stereocenters. The third-order valence-electron chi connectivity index (χ3n) is 7.78. The van der Waals surface area contributed by atoms with Crippen molar-refractivity contribution in [3.05, 3.63) is 65.2 Å². The SMILES string of the molecule is CC(C)C[C@@H]1NC(=O)CC[C@@H](C(=O)NCc2cccc(CN3CCOCC3)c2)NC(=O)c2ccccc2OCCN(C)C1=O. The fourth-order valence-corrected chi connectivity index (χ4v) is 5.36. The van der Waals surface area contributed by atoms with Crippen LogP contribution >= 0.6 is 0 Å². The first-order valence-electron chi connectivity index (χ1n) is 15.4. The van der Waals surface area contributed by atoms with Crippen molar-refractivity contribution in [3.8, 4) is 5.75 Å². The molecule has 4 amide bonds. The fourth-order valence-electron chi connectivity index (χ4n) is 5.36. The van der Waals surface area contributed by atoms with Crippen molar-refractivity contribution < 1.29 is 28.7 Å². The molecule has 4 rings (SSSR count). The Balaban J connectivity index is 1.48. The summed E-state index contributed by atoms with van der Waals surface area (Å²) in [6, 6.07) is 13.1. The molecule has 0 radical (unpaired) electrons. The Labute approximate surface area is 259 Å². The van der Waals surface area contributed by atoms with E-state index in [1.54, 1.807) is 31.3 Å². The molecule has 1 fully saturated rings. The lowest BCUT2D eigenvalue weighted by atomic mass is 10.0. The fraction of sp³-hybridized carbons (Fsp3) is 0.515. The smallest absolute Gasteiger partial charge is 0.255 e. The summed E-state index contributed by atoms with van der Waals surface area (Å²) in [7, 11) is 1.67. The van der Waals surface area contributed by atoms with Crippen LogP contribution in [0.15, 0.2) is 48.5 Å². The van der Waals surface area contributed by atoms with Crippen LogP contribution < -0.4 is 20.7 Å². The minimum atomic E-state index is -0.982. The van der Waals surface area contributed by atoms with Crippen LogP contribution in [0.3, 0.4) is 0 Å². The number of benzene rings is 2. The lowest BCUT2D eigenvalue weighted by Crippen LogP contribution is -2.49. The summed E-state index contributed by atoms with van der Waals surface area (Å²) < 4.78 is 11.3. The first-order valence-corrected chi connectivity index (χ1v) is 15.4. The van der Waals surface area contributed by atoms with Crippen LogP contribution in [0.2, 0.25) is 0 Å². The molecule has 238 valence electrons. The molecule has 0 saturated carbocycles. The molecular formula is C33H45N5O6. The van der Waals surface area contributed by atoms with Gasteiger partial charge in [-0.2, -0.15) is 0 Å². The summed E-state index contributed by atoms with van der Waals surface area (Å²) in [5, 5.41) is 8.62. The number of amides is 4. The monoisotopic (exact) mass is 607 g/mol. The highest BCUT2D eigenvalue weighted by Gasteiger charge is 2.28. The summed E-state index contributed by atoms with van der Waals surface area (Å²) in [5.74, 6) is -0.921. The van der Waals surface area contributed by atoms with Gasteiger partial charge in [-0.25, -0.2) is 0 Å². The lowest BCUT2D eigenvalue weighted by Gasteiger charge is -2.26. The molecule has 0 aromatic heterocycles. The molecule has 11 heteroatoms. The highest BCUT2D eigenvalue weighted by molar-refractivity contribution is 5.99. The molecule has 11 nitrogen and oxygen atoms in total. The average molecular weight is 608 g/mol. The van der Waals surface area contributed by atoms with E-state index in [-0.39, 0.29) is 55.8 Å². The number of hydrogen-bond donors (Lipinski definition) is 3. The summed E-state index contributed by atoms with van der Waals surface area (Å²) in [6.07, 6.45) is 0.489. The summed E-state index contributed by atoms with van der Waals surface area (Å²) in [5.41, 5.74) is 2.35. The van der Waals surface area contributed by atoms with Gasteiger partial charge in [-0.1, -0.05) is 50.2 Å². The van der Waals surface area contributed by atoms with Crippen LogP contribution in [0.25, 0.3) is 0 Å². The highest BCUT2D eigenvalue weighted by Crippen LogP contribution is 2.19. The van der Waals surface area contributed by atoms with Crippen molar-refractivity contribution in [2.24, 2.45) is 5.92 Å². The zero-order valence-electron chi connectivity index (χ0n) is 26.0. The van der Waals surface area contributed by atoms with Crippen molar-refractivity contribution in [1.29, 1.82) is 0 Å². The zero-order chi connectivity index (χ0) is 31.5. The summed E-state index contributed by atoms with van der Waals surface area (Å²) in [6.45, 7) is 8.70. The maximum Gasteiger partial charge on any atom is 0.255 e. The predicted molar refractivity (Wildman–Crippen MR) is 166 cm³/mol. The van der Waals surface area contributed by atoms with Crippen LogP contribution in [0.5, 0.6) is 5.75 Å². The van der Waals surface area contributed by atoms with Crippen molar-refractivity contribution in [3.63, 3.8) is 0 Å². The molecule has 2 aromatic rings. The number of likely N-dealkylation sites (N-methyl/N-ethyl adjacent to an activating group) is 1. The van der Waals surface area contributed by atoms with E-state index in [0.717, 1.165) is 44.0 Å². The number of nitrogens with one attached hydrogen (secondary N) is 3. The van der Waals surface area contributed by atoms with E-state index in [1.165, 1.54) is 4.90 Å². The number of ether oxygens (including phenoxy) is 2. The van der Waals surface area contributed by atoms with Gasteiger partial charge in [0.25, 0.3) is 5.91 Å². The van der Waals surface area contributed by atoms with Gasteiger partial charge in [-0.05, 0) is 42.0 Å². The van der Waals surface area contributed by atoms with E-state index in [1.807, 2.05) is 26.0 Å². The second kappa shape index (κ2) is 16.2. The second-order valence-corrected chi connectivity index (χ2v) is 11.8. The number of carbonyl (C=O) groups excluding carboxylic acids is 4. The molecule has 0 unspecified atom stereocenters. The third kappa shape index (κ3) is 9.78. The van der Waals surface area contributed by atoms with Crippen LogP contribution in [0, 0.1) is 5.92 Å². The minimum Gasteiger partial charge on any atom is -0.491 e. The van der Waals surface area contributed by atoms with E-state index in [2.05, 4.69) is 33.0 Å². The van der Waals surface area contributed by atoms with Crippen molar-refractivity contribution >= 4 is 23.6 Å². The van der Waals surface area contributed by atoms with Gasteiger partial charge in [0.2, 0.25) is 17.7 Å². The van der Waals surface area contributed by atoms with Gasteiger partial charge < -0.3 is 30.3 Å². The Morgan fingerprint density at radius 3 is 2.50 bits per heavy atom. The number of para-hydroxylation sites is 1. The van der Waals surface area contributed by atoms with Crippen molar-refractivity contribution in [2.75, 3.05) is 46.5 Å². The summed E-state index contributed by atoms with van der Waals surface area (Å²) in [4.78, 5) is 57.0. The van der Waals surface area contributed by atoms with Gasteiger partial charge in [0.1, 0.15) is 24.4 Å². The Morgan fingerprint density at radius 2 is 1.73 bits per heavy atom. The first-order chi connectivity index (χ1) is 21.2. The van der Waals surface area contributed by atoms with Gasteiger partial charge in [0.15, 0.2) is 0 Å². The van der Waals surface area contributed by atoms with Crippen LogP contribution in [-0.2, 0) is 32.2 Å². The molecule has 0 spiro atoms. The Kier molecular flexibility index (Phi) is 12.1. The third-order valence-corrected chi connectivity index (χ3v) is 7.78. The average Bonchev–Trinajstić information content (AvgIpc) is 3.01. The highest BCUT2D eigenvalue weighted by atomic mass is 16.5. The molecule has 0 aliphatic carbocycles. The molecule has 2 aromatic carbocycles. The number of rotatable bonds is 7. The predicted octanol–water partition coefficient (Wildman–Crippen LogP) is 2.10. The topological polar surface area (TPSA) is 129 Å². The van der Waals surface area contributed by atoms with Crippen LogP contribution in [0.4, 0.5) is 0 Å². The van der Waals surface area contributed by atoms with Crippen LogP contribution in [0.1, 0.15) is 54.6 Å². The van der Waals surface area contributed by atoms with Crippen molar-refractivity contribution in [2.45, 2.75) is 58.3 Å². The quantitative estimate of drug-likeness (QED) is 0.440. The Morgan fingerprint density at radius 1 is 0.977 bits per heavy atom. The van der Waals surface area contributed by atoms with E-state index in [0.29, 0.717) is 12.2 Å². The van der Waals surface area contributed by atoms with E-state index < -0.39 is 23.9 Å². The molecule has 0 bridgehead atoms. The van der Waals surface area contributed by atoms with Gasteiger partial charge in [-0.15, -0.1) is 0 Å². The lowest BCUT2D eigenvalue weighted by molar-refractivity contribution is -0.136. The molecule has 1 saturated heterocycles. The molecule has 3 N–H and O–H groups in total. The van der Waals surface area contributed by atoms with Gasteiger partial charge in [-0.3, -0.25) is 24.1 Å². The largest absolute Gasteiger partial charge is 0.491 e. The maximum atomic E-state index is 13.5. The molecule has 2 heterocycles. The maximum absolute atomic E-state index is 13.5. The normalized spacial score (nSPS) is 20.9. The molecule has 2 aliphatic rings. The molecular weight excluding hydrogens is 562 g/mol. The van der Waals surface area contributed by atoms with Crippen molar-refractivity contribution in [1.82, 2.24) is 25.8 Å². The number of carbonyl (C=O) groups is 4. The standard InChI is InChI=1S/C33H45N5O6/c1-23(2)19-28-33(42)37(3)13-18-44-29-10-5-4-9-26(29)31(40)36-27(11-12-30(39)35-28)32(41)34-21-24-7-6-8-25(20-24)22-38-14-16-43-17-15-38/h4-10,20,23,27-28H,11-19,21-22H2,1-3H3,(H,34,41)(H,35,39)(H,36,40)/t27-,28-/m0/s1. The van der Waals surface area contributed by atoms with Gasteiger partial charge in [0.05, 0.1) is 25.3 Å². The van der Waals surface area contributed by atoms with E-state index in [4.69, 9.17) is 9.47 Å². The van der Waals surface area contributed by atoms with Gasteiger partial charge >= 0.3 is 0 Å². The number of morpholine rings is 1. The number of nitrogens with zero attached hydrogens (tertiary/aromatic N) is 2. The van der Waals surface area contributed by atoms with Gasteiger partial charge in [0, 0.05) is 39.6 Å². The van der Waals surface area contributed by atoms with E-state index in [9.17, 15) is 19.2 Å². The first kappa shape index (κ1) is 32.9. The Bertz CT molecular complexity index is 1290. The van der Waals surface area contributed by atoms with Crippen LogP contribution in [-0.4, -0.2) is 92.0 Å². The summed E-state index contributed by atoms with van der Waals surface area (Å²) >= 11 is 0. The molecule has 2 aliphatic heterocycles. The molecule has 44 heavy (non-hydrogen) atoms. The number of hydrogen-bond acceptors (Lipinski definition) is 7.